The van der Waals surface area contributed by atoms with Gasteiger partial charge in [-0.3, -0.25) is 19.9 Å². The number of hydrogen-bond donors (Lipinski definition) is 2. The lowest BCUT2D eigenvalue weighted by atomic mass is 10.0. The van der Waals surface area contributed by atoms with Crippen molar-refractivity contribution in [2.24, 2.45) is 5.10 Å². The van der Waals surface area contributed by atoms with Gasteiger partial charge in [0.15, 0.2) is 6.04 Å². The Morgan fingerprint density at radius 2 is 2.09 bits per heavy atom. The van der Waals surface area contributed by atoms with Gasteiger partial charge in [-0.2, -0.15) is 5.10 Å². The number of imide groups is 1. The molecule has 1 fully saturated rings. The summed E-state index contributed by atoms with van der Waals surface area (Å²) in [5.41, 5.74) is 1.45. The molecule has 7 nitrogen and oxygen atoms in total. The molecule has 0 bridgehead atoms. The Balaban J connectivity index is 1.91. The number of aliphatic carboxylic acids is 1. The zero-order valence-corrected chi connectivity index (χ0v) is 12.0. The van der Waals surface area contributed by atoms with E-state index in [0.29, 0.717) is 5.71 Å². The summed E-state index contributed by atoms with van der Waals surface area (Å²) in [6.45, 7) is 0. The number of carboxylic acid groups (broad SMARTS) is 1. The normalized spacial score (nSPS) is 22.9. The van der Waals surface area contributed by atoms with Gasteiger partial charge in [0.05, 0.1) is 5.71 Å². The number of carbonyl (C=O) groups is 3. The summed E-state index contributed by atoms with van der Waals surface area (Å²) in [5.74, 6) is -1.58. The zero-order valence-electron chi connectivity index (χ0n) is 11.2. The molecule has 0 radical (unpaired) electrons. The van der Waals surface area contributed by atoms with Crippen LogP contribution < -0.4 is 5.32 Å². The molecule has 2 amide bonds. The molecule has 1 atom stereocenters. The molecule has 1 saturated heterocycles. The van der Waals surface area contributed by atoms with E-state index in [1.54, 1.807) is 0 Å². The van der Waals surface area contributed by atoms with Crippen molar-refractivity contribution in [2.45, 2.75) is 12.5 Å². The number of nitrogens with one attached hydrogen (secondary N) is 1. The van der Waals surface area contributed by atoms with Crippen molar-refractivity contribution in [1.82, 2.24) is 10.3 Å². The second-order valence-electron chi connectivity index (χ2n) is 4.69. The Kier molecular flexibility index (Phi) is 3.68. The maximum absolute atomic E-state index is 11.6. The van der Waals surface area contributed by atoms with Crippen LogP contribution in [0.2, 0.25) is 0 Å². The molecule has 2 aliphatic rings. The molecule has 3 rings (SSSR count). The van der Waals surface area contributed by atoms with Gasteiger partial charge in [0.2, 0.25) is 0 Å². The SMILES string of the molecule is O=C1NC(=O)/C(=C/N2N=C(c3ccccc3)CC2C(=O)O)S1. The second kappa shape index (κ2) is 5.64. The molecular weight excluding hydrogens is 306 g/mol. The summed E-state index contributed by atoms with van der Waals surface area (Å²) in [5, 5.41) is 16.5. The second-order valence-corrected chi connectivity index (χ2v) is 5.70. The summed E-state index contributed by atoms with van der Waals surface area (Å²) >= 11 is 0.729. The smallest absolute Gasteiger partial charge is 0.328 e. The van der Waals surface area contributed by atoms with Crippen LogP contribution in [0.3, 0.4) is 0 Å². The van der Waals surface area contributed by atoms with Crippen LogP contribution in [0, 0.1) is 0 Å². The molecular formula is C14H11N3O4S. The van der Waals surface area contributed by atoms with E-state index in [4.69, 9.17) is 0 Å². The lowest BCUT2D eigenvalue weighted by molar-refractivity contribution is -0.141. The van der Waals surface area contributed by atoms with Crippen LogP contribution in [0.15, 0.2) is 46.5 Å². The fourth-order valence-corrected chi connectivity index (χ4v) is 2.83. The number of nitrogens with zero attached hydrogens (tertiary/aromatic N) is 2. The minimum atomic E-state index is -1.04. The van der Waals surface area contributed by atoms with Gasteiger partial charge >= 0.3 is 5.97 Å². The molecule has 8 heteroatoms. The molecule has 0 aliphatic carbocycles. The molecule has 112 valence electrons. The van der Waals surface area contributed by atoms with E-state index in [2.05, 4.69) is 10.4 Å². The van der Waals surface area contributed by atoms with E-state index in [-0.39, 0.29) is 11.3 Å². The van der Waals surface area contributed by atoms with Gasteiger partial charge in [0, 0.05) is 12.6 Å². The van der Waals surface area contributed by atoms with Gasteiger partial charge in [-0.1, -0.05) is 30.3 Å². The summed E-state index contributed by atoms with van der Waals surface area (Å²) in [6.07, 6.45) is 1.53. The number of benzene rings is 1. The maximum Gasteiger partial charge on any atom is 0.328 e. The number of hydrogen-bond acceptors (Lipinski definition) is 6. The van der Waals surface area contributed by atoms with Crippen molar-refractivity contribution in [2.75, 3.05) is 0 Å². The average molecular weight is 317 g/mol. The third kappa shape index (κ3) is 2.73. The van der Waals surface area contributed by atoms with Crippen LogP contribution in [0.4, 0.5) is 4.79 Å². The molecule has 22 heavy (non-hydrogen) atoms. The third-order valence-corrected chi connectivity index (χ3v) is 4.02. The molecule has 0 aromatic heterocycles. The van der Waals surface area contributed by atoms with Crippen LogP contribution in [0.5, 0.6) is 0 Å². The van der Waals surface area contributed by atoms with Crippen molar-refractivity contribution in [1.29, 1.82) is 0 Å². The number of amides is 2. The quantitative estimate of drug-likeness (QED) is 0.817. The van der Waals surface area contributed by atoms with E-state index in [1.165, 1.54) is 11.2 Å². The van der Waals surface area contributed by atoms with Crippen molar-refractivity contribution in [3.8, 4) is 0 Å². The number of carbonyl (C=O) groups excluding carboxylic acids is 2. The number of thioether (sulfide) groups is 1. The Morgan fingerprint density at radius 3 is 2.68 bits per heavy atom. The Labute approximate surface area is 129 Å². The summed E-state index contributed by atoms with van der Waals surface area (Å²) in [4.78, 5) is 34.2. The zero-order chi connectivity index (χ0) is 15.7. The highest BCUT2D eigenvalue weighted by Crippen LogP contribution is 2.27. The molecule has 2 N–H and O–H groups in total. The molecule has 0 spiro atoms. The van der Waals surface area contributed by atoms with Gasteiger partial charge in [0.25, 0.3) is 11.1 Å². The van der Waals surface area contributed by atoms with Crippen LogP contribution in [0.1, 0.15) is 12.0 Å². The number of carboxylic acids is 1. The maximum atomic E-state index is 11.6. The summed E-state index contributed by atoms with van der Waals surface area (Å²) < 4.78 is 0. The van der Waals surface area contributed by atoms with Crippen LogP contribution in [-0.2, 0) is 9.59 Å². The van der Waals surface area contributed by atoms with E-state index in [9.17, 15) is 19.5 Å². The van der Waals surface area contributed by atoms with E-state index in [0.717, 1.165) is 17.3 Å². The Morgan fingerprint density at radius 1 is 1.36 bits per heavy atom. The fraction of sp³-hybridized carbons (Fsp3) is 0.143. The minimum absolute atomic E-state index is 0.134. The monoisotopic (exact) mass is 317 g/mol. The Bertz CT molecular complexity index is 714. The number of hydrazone groups is 1. The van der Waals surface area contributed by atoms with Crippen LogP contribution in [-0.4, -0.2) is 39.0 Å². The predicted molar refractivity (Wildman–Crippen MR) is 80.1 cm³/mol. The first-order valence-electron chi connectivity index (χ1n) is 6.43. The van der Waals surface area contributed by atoms with Gasteiger partial charge < -0.3 is 5.11 Å². The van der Waals surface area contributed by atoms with Crippen molar-refractivity contribution < 1.29 is 19.5 Å². The lowest BCUT2D eigenvalue weighted by Gasteiger charge is -2.15. The van der Waals surface area contributed by atoms with E-state index in [1.807, 2.05) is 30.3 Å². The van der Waals surface area contributed by atoms with Crippen LogP contribution in [0.25, 0.3) is 0 Å². The highest BCUT2D eigenvalue weighted by molar-refractivity contribution is 8.18. The first-order chi connectivity index (χ1) is 10.5. The van der Waals surface area contributed by atoms with Gasteiger partial charge in [-0.05, 0) is 17.3 Å². The van der Waals surface area contributed by atoms with Gasteiger partial charge in [-0.25, -0.2) is 4.79 Å². The third-order valence-electron chi connectivity index (χ3n) is 3.23. The highest BCUT2D eigenvalue weighted by atomic mass is 32.2. The topological polar surface area (TPSA) is 99.1 Å². The standard InChI is InChI=1S/C14H11N3O4S/c18-12-11(22-14(21)15-12)7-17-10(13(19)20)6-9(16-17)8-4-2-1-3-5-8/h1-5,7,10H,6H2,(H,19,20)(H,15,18,21)/b11-7-. The van der Waals surface area contributed by atoms with E-state index < -0.39 is 23.2 Å². The van der Waals surface area contributed by atoms with Crippen molar-refractivity contribution >= 4 is 34.6 Å². The average Bonchev–Trinajstić information content (AvgIpc) is 3.04. The first-order valence-corrected chi connectivity index (χ1v) is 7.25. The molecule has 2 heterocycles. The summed E-state index contributed by atoms with van der Waals surface area (Å²) in [7, 11) is 0. The Hall–Kier alpha value is -2.61. The first kappa shape index (κ1) is 14.3. The molecule has 1 unspecified atom stereocenters. The minimum Gasteiger partial charge on any atom is -0.480 e. The fourth-order valence-electron chi connectivity index (χ4n) is 2.18. The number of rotatable bonds is 3. The molecule has 1 aromatic rings. The van der Waals surface area contributed by atoms with Gasteiger partial charge in [0.1, 0.15) is 4.91 Å². The van der Waals surface area contributed by atoms with Crippen molar-refractivity contribution in [3.63, 3.8) is 0 Å². The van der Waals surface area contributed by atoms with Crippen molar-refractivity contribution in [3.05, 3.63) is 47.0 Å². The molecule has 1 aromatic carbocycles. The van der Waals surface area contributed by atoms with Gasteiger partial charge in [-0.15, -0.1) is 0 Å². The molecule has 0 saturated carbocycles. The predicted octanol–water partition coefficient (Wildman–Crippen LogP) is 1.37. The summed E-state index contributed by atoms with van der Waals surface area (Å²) in [6, 6.07) is 8.33. The lowest BCUT2D eigenvalue weighted by Crippen LogP contribution is -2.31. The van der Waals surface area contributed by atoms with E-state index >= 15 is 0 Å². The molecule has 2 aliphatic heterocycles. The largest absolute Gasteiger partial charge is 0.480 e. The van der Waals surface area contributed by atoms with Crippen LogP contribution >= 0.6 is 11.8 Å². The highest BCUT2D eigenvalue weighted by Gasteiger charge is 2.34.